The molecule has 3 nitrogen and oxygen atoms in total. The van der Waals surface area contributed by atoms with Gasteiger partial charge in [-0.05, 0) is 41.1 Å². The summed E-state index contributed by atoms with van der Waals surface area (Å²) in [5.74, 6) is 0. The van der Waals surface area contributed by atoms with E-state index in [1.54, 1.807) is 6.92 Å². The fraction of sp³-hybridized carbons (Fsp3) is 0.143. The lowest BCUT2D eigenvalue weighted by molar-refractivity contribution is -0.385. The molecule has 0 N–H and O–H groups in total. The molecule has 0 aliphatic carbocycles. The Labute approximate surface area is 98.3 Å². The summed E-state index contributed by atoms with van der Waals surface area (Å²) in [6.07, 6.45) is 0. The van der Waals surface area contributed by atoms with Crippen molar-refractivity contribution < 1.29 is 4.92 Å². The number of halogens is 3. The van der Waals surface area contributed by atoms with Crippen LogP contribution in [0.25, 0.3) is 0 Å². The minimum absolute atomic E-state index is 0.0795. The molecule has 0 bridgehead atoms. The molecule has 0 aromatic heterocycles. The third kappa shape index (κ3) is 2.05. The molecule has 0 amide bonds. The van der Waals surface area contributed by atoms with Crippen molar-refractivity contribution in [2.24, 2.45) is 0 Å². The Morgan fingerprint density at radius 2 is 2.08 bits per heavy atom. The molecule has 0 radical (unpaired) electrons. The first-order chi connectivity index (χ1) is 5.95. The van der Waals surface area contributed by atoms with Crippen molar-refractivity contribution in [2.45, 2.75) is 6.92 Å². The monoisotopic (exact) mass is 331 g/mol. The van der Waals surface area contributed by atoms with Gasteiger partial charge in [0.15, 0.2) is 0 Å². The first kappa shape index (κ1) is 11.0. The largest absolute Gasteiger partial charge is 0.301 e. The fourth-order valence-corrected chi connectivity index (χ4v) is 2.49. The highest BCUT2D eigenvalue weighted by Crippen LogP contribution is 2.36. The Morgan fingerprint density at radius 3 is 2.54 bits per heavy atom. The van der Waals surface area contributed by atoms with E-state index in [0.717, 1.165) is 0 Å². The summed E-state index contributed by atoms with van der Waals surface area (Å²) in [4.78, 5) is 10.1. The number of nitrogens with zero attached hydrogens (tertiary/aromatic N) is 1. The molecule has 1 rings (SSSR count). The van der Waals surface area contributed by atoms with Gasteiger partial charge in [0.25, 0.3) is 0 Å². The lowest BCUT2D eigenvalue weighted by atomic mass is 10.2. The molecule has 0 fully saturated rings. The van der Waals surface area contributed by atoms with Gasteiger partial charge in [-0.3, -0.25) is 10.1 Å². The molecule has 1 aromatic rings. The van der Waals surface area contributed by atoms with Crippen molar-refractivity contribution in [1.29, 1.82) is 0 Å². The quantitative estimate of drug-likeness (QED) is 0.446. The zero-order chi connectivity index (χ0) is 10.2. The lowest BCUT2D eigenvalue weighted by Gasteiger charge is -2.03. The normalized spacial score (nSPS) is 10.2. The van der Waals surface area contributed by atoms with Gasteiger partial charge < -0.3 is 0 Å². The Bertz CT molecular complexity index is 381. The first-order valence-electron chi connectivity index (χ1n) is 3.23. The van der Waals surface area contributed by atoms with E-state index in [1.807, 2.05) is 22.6 Å². The van der Waals surface area contributed by atoms with Crippen molar-refractivity contribution >= 4 is 51.5 Å². The zero-order valence-electron chi connectivity index (χ0n) is 6.47. The second-order valence-corrected chi connectivity index (χ2v) is 4.33. The number of hydrogen-bond acceptors (Lipinski definition) is 2. The van der Waals surface area contributed by atoms with E-state index in [4.69, 9.17) is 23.2 Å². The van der Waals surface area contributed by atoms with E-state index in [9.17, 15) is 10.1 Å². The number of nitro groups is 1. The summed E-state index contributed by atoms with van der Waals surface area (Å²) >= 11 is 13.4. The maximum atomic E-state index is 10.6. The van der Waals surface area contributed by atoms with Gasteiger partial charge in [-0.25, -0.2) is 0 Å². The Hall–Kier alpha value is -0.0700. The molecule has 0 heterocycles. The fourth-order valence-electron chi connectivity index (χ4n) is 0.843. The molecule has 0 saturated heterocycles. The van der Waals surface area contributed by atoms with Gasteiger partial charge in [0.1, 0.15) is 5.02 Å². The van der Waals surface area contributed by atoms with Gasteiger partial charge in [-0.1, -0.05) is 23.2 Å². The van der Waals surface area contributed by atoms with Crippen molar-refractivity contribution in [3.8, 4) is 0 Å². The van der Waals surface area contributed by atoms with E-state index in [1.165, 1.54) is 6.07 Å². The molecule has 0 spiro atoms. The Morgan fingerprint density at radius 1 is 1.54 bits per heavy atom. The molecule has 13 heavy (non-hydrogen) atoms. The molecule has 0 saturated carbocycles. The van der Waals surface area contributed by atoms with Crippen LogP contribution in [0, 0.1) is 20.6 Å². The zero-order valence-corrected chi connectivity index (χ0v) is 10.1. The van der Waals surface area contributed by atoms with Crippen LogP contribution in [0.4, 0.5) is 5.69 Å². The summed E-state index contributed by atoms with van der Waals surface area (Å²) in [7, 11) is 0. The maximum absolute atomic E-state index is 10.6. The predicted octanol–water partition coefficient (Wildman–Crippen LogP) is 3.81. The van der Waals surface area contributed by atoms with Gasteiger partial charge in [0, 0.05) is 5.02 Å². The van der Waals surface area contributed by atoms with Crippen LogP contribution in [0.2, 0.25) is 10.0 Å². The predicted molar refractivity (Wildman–Crippen MR) is 60.6 cm³/mol. The Kier molecular flexibility index (Phi) is 3.37. The summed E-state index contributed by atoms with van der Waals surface area (Å²) < 4.78 is 0.447. The standard InChI is InChI=1S/C7H4Cl2INO2/c1-3-4(8)2-5(10)7(6(3)9)11(12)13/h2H,1H3. The van der Waals surface area contributed by atoms with Gasteiger partial charge in [-0.15, -0.1) is 0 Å². The van der Waals surface area contributed by atoms with E-state index in [-0.39, 0.29) is 10.7 Å². The van der Waals surface area contributed by atoms with Crippen LogP contribution in [0.1, 0.15) is 5.56 Å². The van der Waals surface area contributed by atoms with Crippen LogP contribution in [0.5, 0.6) is 0 Å². The van der Waals surface area contributed by atoms with Crippen molar-refractivity contribution in [3.05, 3.63) is 35.4 Å². The van der Waals surface area contributed by atoms with Gasteiger partial charge in [-0.2, -0.15) is 0 Å². The minimum atomic E-state index is -0.507. The van der Waals surface area contributed by atoms with E-state index in [0.29, 0.717) is 14.2 Å². The molecule has 0 atom stereocenters. The molecular formula is C7H4Cl2INO2. The highest BCUT2D eigenvalue weighted by Gasteiger charge is 2.20. The van der Waals surface area contributed by atoms with Crippen molar-refractivity contribution in [3.63, 3.8) is 0 Å². The summed E-state index contributed by atoms with van der Waals surface area (Å²) in [6, 6.07) is 1.53. The molecule has 70 valence electrons. The maximum Gasteiger partial charge on any atom is 0.301 e. The molecule has 6 heteroatoms. The number of nitro benzene ring substituents is 1. The average Bonchev–Trinajstić information content (AvgIpc) is 1.99. The number of hydrogen-bond donors (Lipinski definition) is 0. The lowest BCUT2D eigenvalue weighted by Crippen LogP contribution is -1.95. The minimum Gasteiger partial charge on any atom is -0.258 e. The van der Waals surface area contributed by atoms with Crippen molar-refractivity contribution in [2.75, 3.05) is 0 Å². The van der Waals surface area contributed by atoms with Crippen molar-refractivity contribution in [1.82, 2.24) is 0 Å². The third-order valence-electron chi connectivity index (χ3n) is 1.56. The average molecular weight is 332 g/mol. The van der Waals surface area contributed by atoms with Crippen LogP contribution >= 0.6 is 45.8 Å². The highest BCUT2D eigenvalue weighted by atomic mass is 127. The van der Waals surface area contributed by atoms with Gasteiger partial charge in [0.2, 0.25) is 0 Å². The second-order valence-electron chi connectivity index (χ2n) is 2.38. The summed E-state index contributed by atoms with van der Waals surface area (Å²) in [5, 5.41) is 11.1. The SMILES string of the molecule is Cc1c(Cl)cc(I)c([N+](=O)[O-])c1Cl. The van der Waals surface area contributed by atoms with Crippen LogP contribution in [-0.4, -0.2) is 4.92 Å². The van der Waals surface area contributed by atoms with E-state index >= 15 is 0 Å². The van der Waals surface area contributed by atoms with Crippen LogP contribution in [0.15, 0.2) is 6.07 Å². The Balaban J connectivity index is 3.53. The molecule has 0 aliphatic heterocycles. The van der Waals surface area contributed by atoms with Crippen LogP contribution in [0.3, 0.4) is 0 Å². The third-order valence-corrected chi connectivity index (χ3v) is 3.24. The van der Waals surface area contributed by atoms with E-state index < -0.39 is 4.92 Å². The van der Waals surface area contributed by atoms with E-state index in [2.05, 4.69) is 0 Å². The van der Waals surface area contributed by atoms with Gasteiger partial charge >= 0.3 is 5.69 Å². The molecule has 0 unspecified atom stereocenters. The van der Waals surface area contributed by atoms with Gasteiger partial charge in [0.05, 0.1) is 8.49 Å². The second kappa shape index (κ2) is 3.98. The number of benzene rings is 1. The summed E-state index contributed by atoms with van der Waals surface area (Å²) in [5.41, 5.74) is 0.458. The first-order valence-corrected chi connectivity index (χ1v) is 5.07. The highest BCUT2D eigenvalue weighted by molar-refractivity contribution is 14.1. The molecular weight excluding hydrogens is 328 g/mol. The summed E-state index contributed by atoms with van der Waals surface area (Å²) in [6.45, 7) is 1.65. The van der Waals surface area contributed by atoms with Crippen LogP contribution in [-0.2, 0) is 0 Å². The smallest absolute Gasteiger partial charge is 0.258 e. The molecule has 0 aliphatic rings. The molecule has 1 aromatic carbocycles. The number of rotatable bonds is 1. The van der Waals surface area contributed by atoms with Crippen LogP contribution < -0.4 is 0 Å². The topological polar surface area (TPSA) is 43.1 Å².